The van der Waals surface area contributed by atoms with Crippen molar-refractivity contribution in [2.75, 3.05) is 0 Å². The van der Waals surface area contributed by atoms with Gasteiger partial charge in [-0.1, -0.05) is 6.07 Å². The van der Waals surface area contributed by atoms with Crippen molar-refractivity contribution in [2.24, 2.45) is 0 Å². The number of hydrazine groups is 1. The number of amides is 1. The molecule has 22 heavy (non-hydrogen) atoms. The lowest BCUT2D eigenvalue weighted by Gasteiger charge is -2.09. The SMILES string of the molecule is O=C(Cn1ccccc1=O)NNS(=O)(=O)c1ccc(F)cc1. The Morgan fingerprint density at radius 1 is 1.14 bits per heavy atom. The normalized spacial score (nSPS) is 11.1. The first-order chi connectivity index (χ1) is 10.4. The van der Waals surface area contributed by atoms with E-state index in [9.17, 15) is 22.4 Å². The second kappa shape index (κ2) is 6.50. The van der Waals surface area contributed by atoms with Crippen molar-refractivity contribution in [1.29, 1.82) is 0 Å². The Hall–Kier alpha value is -2.52. The molecule has 116 valence electrons. The van der Waals surface area contributed by atoms with Crippen LogP contribution in [0.5, 0.6) is 0 Å². The molecule has 1 aromatic carbocycles. The van der Waals surface area contributed by atoms with Crippen LogP contribution in [-0.2, 0) is 21.4 Å². The number of pyridine rings is 1. The standard InChI is InChI=1S/C13H12FN3O4S/c14-10-4-6-11(7-5-10)22(20,21)16-15-12(18)9-17-8-2-1-3-13(17)19/h1-8,16H,9H2,(H,15,18). The molecule has 0 aliphatic rings. The van der Waals surface area contributed by atoms with E-state index in [1.165, 1.54) is 18.3 Å². The highest BCUT2D eigenvalue weighted by atomic mass is 32.2. The molecule has 0 radical (unpaired) electrons. The second-order valence-corrected chi connectivity index (χ2v) is 5.96. The highest BCUT2D eigenvalue weighted by molar-refractivity contribution is 7.89. The molecule has 1 amide bonds. The number of nitrogens with zero attached hydrogens (tertiary/aromatic N) is 1. The van der Waals surface area contributed by atoms with E-state index in [4.69, 9.17) is 0 Å². The molecule has 2 N–H and O–H groups in total. The van der Waals surface area contributed by atoms with Gasteiger partial charge < -0.3 is 4.57 Å². The largest absolute Gasteiger partial charge is 0.306 e. The Bertz CT molecular complexity index is 831. The first kappa shape index (κ1) is 15.9. The smallest absolute Gasteiger partial charge is 0.257 e. The van der Waals surface area contributed by atoms with Crippen LogP contribution >= 0.6 is 0 Å². The van der Waals surface area contributed by atoms with Crippen molar-refractivity contribution in [3.05, 3.63) is 64.8 Å². The molecule has 0 unspecified atom stereocenters. The maximum Gasteiger partial charge on any atom is 0.257 e. The zero-order valence-electron chi connectivity index (χ0n) is 11.2. The first-order valence-corrected chi connectivity index (χ1v) is 7.58. The molecule has 0 spiro atoms. The quantitative estimate of drug-likeness (QED) is 0.756. The van der Waals surface area contributed by atoms with E-state index in [-0.39, 0.29) is 17.0 Å². The summed E-state index contributed by atoms with van der Waals surface area (Å²) in [7, 11) is -4.01. The fraction of sp³-hybridized carbons (Fsp3) is 0.0769. The van der Waals surface area contributed by atoms with Gasteiger partial charge >= 0.3 is 0 Å². The number of hydrogen-bond acceptors (Lipinski definition) is 4. The topological polar surface area (TPSA) is 97.3 Å². The van der Waals surface area contributed by atoms with Gasteiger partial charge in [-0.25, -0.2) is 12.8 Å². The van der Waals surface area contributed by atoms with E-state index in [0.29, 0.717) is 0 Å². The summed E-state index contributed by atoms with van der Waals surface area (Å²) in [5.41, 5.74) is 1.59. The molecule has 1 heterocycles. The molecular weight excluding hydrogens is 313 g/mol. The molecule has 7 nitrogen and oxygen atoms in total. The minimum absolute atomic E-state index is 0.203. The van der Waals surface area contributed by atoms with Gasteiger partial charge in [-0.2, -0.15) is 0 Å². The third-order valence-corrected chi connectivity index (χ3v) is 3.93. The summed E-state index contributed by atoms with van der Waals surface area (Å²) in [6.45, 7) is -0.342. The lowest BCUT2D eigenvalue weighted by molar-refractivity contribution is -0.122. The first-order valence-electron chi connectivity index (χ1n) is 6.10. The number of carbonyl (C=O) groups is 1. The Labute approximate surface area is 125 Å². The average molecular weight is 325 g/mol. The third kappa shape index (κ3) is 3.99. The Morgan fingerprint density at radius 3 is 2.45 bits per heavy atom. The van der Waals surface area contributed by atoms with Crippen LogP contribution in [0.25, 0.3) is 0 Å². The van der Waals surface area contributed by atoms with Gasteiger partial charge in [0.05, 0.1) is 4.90 Å². The molecule has 2 rings (SSSR count). The maximum absolute atomic E-state index is 12.8. The lowest BCUT2D eigenvalue weighted by atomic mass is 10.4. The number of benzene rings is 1. The summed E-state index contributed by atoms with van der Waals surface area (Å²) >= 11 is 0. The van der Waals surface area contributed by atoms with Gasteiger partial charge in [0.25, 0.3) is 21.5 Å². The van der Waals surface area contributed by atoms with E-state index in [0.717, 1.165) is 28.8 Å². The van der Waals surface area contributed by atoms with Gasteiger partial charge in [0, 0.05) is 12.3 Å². The number of carbonyl (C=O) groups excluding carboxylic acids is 1. The highest BCUT2D eigenvalue weighted by Crippen LogP contribution is 2.08. The van der Waals surface area contributed by atoms with Gasteiger partial charge in [-0.3, -0.25) is 15.0 Å². The van der Waals surface area contributed by atoms with Gasteiger partial charge in [0.15, 0.2) is 0 Å². The molecule has 0 fully saturated rings. The second-order valence-electron chi connectivity index (χ2n) is 4.27. The van der Waals surface area contributed by atoms with Gasteiger partial charge in [0.1, 0.15) is 12.4 Å². The number of hydrogen-bond donors (Lipinski definition) is 2. The van der Waals surface area contributed by atoms with Crippen LogP contribution in [0, 0.1) is 5.82 Å². The molecule has 0 bridgehead atoms. The van der Waals surface area contributed by atoms with Crippen molar-refractivity contribution in [3.63, 3.8) is 0 Å². The van der Waals surface area contributed by atoms with Crippen LogP contribution in [-0.4, -0.2) is 18.9 Å². The Kier molecular flexibility index (Phi) is 4.68. The van der Waals surface area contributed by atoms with Gasteiger partial charge in [-0.05, 0) is 30.3 Å². The zero-order valence-corrected chi connectivity index (χ0v) is 12.0. The monoisotopic (exact) mass is 325 g/mol. The molecular formula is C13H12FN3O4S. The van der Waals surface area contributed by atoms with Crippen LogP contribution in [0.4, 0.5) is 4.39 Å². The van der Waals surface area contributed by atoms with Crippen molar-refractivity contribution in [2.45, 2.75) is 11.4 Å². The highest BCUT2D eigenvalue weighted by Gasteiger charge is 2.15. The average Bonchev–Trinajstić information content (AvgIpc) is 2.48. The molecule has 0 aliphatic heterocycles. The third-order valence-electron chi connectivity index (χ3n) is 2.66. The summed E-state index contributed by atoms with van der Waals surface area (Å²) in [6, 6.07) is 8.46. The summed E-state index contributed by atoms with van der Waals surface area (Å²) in [5.74, 6) is -1.30. The molecule has 0 saturated carbocycles. The number of sulfonamides is 1. The van der Waals surface area contributed by atoms with Crippen LogP contribution in [0.15, 0.2) is 58.4 Å². The zero-order chi connectivity index (χ0) is 16.2. The Balaban J connectivity index is 2.00. The van der Waals surface area contributed by atoms with E-state index in [1.54, 1.807) is 6.07 Å². The van der Waals surface area contributed by atoms with Crippen LogP contribution < -0.4 is 15.8 Å². The van der Waals surface area contributed by atoms with E-state index < -0.39 is 21.7 Å². The fourth-order valence-electron chi connectivity index (χ4n) is 1.58. The van der Waals surface area contributed by atoms with Gasteiger partial charge in [-0.15, -0.1) is 4.83 Å². The van der Waals surface area contributed by atoms with E-state index in [2.05, 4.69) is 0 Å². The van der Waals surface area contributed by atoms with Crippen molar-refractivity contribution < 1.29 is 17.6 Å². The molecule has 1 aromatic heterocycles. The van der Waals surface area contributed by atoms with Crippen LogP contribution in [0.2, 0.25) is 0 Å². The van der Waals surface area contributed by atoms with Crippen LogP contribution in [0.3, 0.4) is 0 Å². The molecule has 0 atom stereocenters. The summed E-state index contributed by atoms with van der Waals surface area (Å²) < 4.78 is 37.6. The van der Waals surface area contributed by atoms with Crippen LogP contribution in [0.1, 0.15) is 0 Å². The molecule has 0 saturated heterocycles. The minimum Gasteiger partial charge on any atom is -0.306 e. The van der Waals surface area contributed by atoms with Gasteiger partial charge in [0.2, 0.25) is 0 Å². The predicted molar refractivity (Wildman–Crippen MR) is 75.6 cm³/mol. The number of aromatic nitrogens is 1. The predicted octanol–water partition coefficient (Wildman–Crippen LogP) is -0.00290. The number of rotatable bonds is 5. The summed E-state index contributed by atoms with van der Waals surface area (Å²) in [4.78, 5) is 24.7. The molecule has 2 aromatic rings. The maximum atomic E-state index is 12.8. The number of halogens is 1. The van der Waals surface area contributed by atoms with E-state index in [1.807, 2.05) is 10.3 Å². The summed E-state index contributed by atoms with van der Waals surface area (Å²) in [5, 5.41) is 0. The minimum atomic E-state index is -4.01. The lowest BCUT2D eigenvalue weighted by Crippen LogP contribution is -2.44. The van der Waals surface area contributed by atoms with Crippen molar-refractivity contribution >= 4 is 15.9 Å². The summed E-state index contributed by atoms with van der Waals surface area (Å²) in [6.07, 6.45) is 1.40. The molecule has 9 heteroatoms. The molecule has 0 aliphatic carbocycles. The number of nitrogens with one attached hydrogen (secondary N) is 2. The van der Waals surface area contributed by atoms with E-state index >= 15 is 0 Å². The van der Waals surface area contributed by atoms with Crippen molar-refractivity contribution in [3.8, 4) is 0 Å². The van der Waals surface area contributed by atoms with Crippen molar-refractivity contribution in [1.82, 2.24) is 14.8 Å². The fourth-order valence-corrected chi connectivity index (χ4v) is 2.44. The Morgan fingerprint density at radius 2 is 1.82 bits per heavy atom.